The maximum Gasteiger partial charge on any atom is 0.223 e. The number of aryl methyl sites for hydroxylation is 2. The third-order valence-corrected chi connectivity index (χ3v) is 3.18. The molecule has 1 heterocycles. The molecular formula is C13H15N3O2. The fourth-order valence-electron chi connectivity index (χ4n) is 2.26. The number of hydrogen-bond acceptors (Lipinski definition) is 5. The van der Waals surface area contributed by atoms with Gasteiger partial charge >= 0.3 is 0 Å². The Kier molecular flexibility index (Phi) is 2.76. The van der Waals surface area contributed by atoms with Crippen LogP contribution in [0, 0.1) is 6.92 Å². The molecule has 94 valence electrons. The molecular weight excluding hydrogens is 230 g/mol. The van der Waals surface area contributed by atoms with Crippen molar-refractivity contribution in [1.82, 2.24) is 10.1 Å². The molecule has 1 aromatic heterocycles. The number of hydrogen-bond donors (Lipinski definition) is 1. The molecule has 0 saturated carbocycles. The molecule has 0 saturated heterocycles. The summed E-state index contributed by atoms with van der Waals surface area (Å²) in [6.45, 7) is 2.08. The van der Waals surface area contributed by atoms with Crippen molar-refractivity contribution in [1.29, 1.82) is 0 Å². The Morgan fingerprint density at radius 3 is 3.17 bits per heavy atom. The summed E-state index contributed by atoms with van der Waals surface area (Å²) in [5, 5.41) is 3.78. The van der Waals surface area contributed by atoms with Gasteiger partial charge in [-0.1, -0.05) is 11.2 Å². The molecule has 3 rings (SSSR count). The lowest BCUT2D eigenvalue weighted by Gasteiger charge is -2.07. The summed E-state index contributed by atoms with van der Waals surface area (Å²) in [6, 6.07) is 6.21. The summed E-state index contributed by atoms with van der Waals surface area (Å²) in [6.07, 6.45) is 2.04. The SMILES string of the molecule is Cc1nc(COc2ccc3c(c2)CCC3N)no1. The number of aromatic nitrogens is 2. The fraction of sp³-hybridized carbons (Fsp3) is 0.385. The summed E-state index contributed by atoms with van der Waals surface area (Å²) in [7, 11) is 0. The Labute approximate surface area is 105 Å². The number of fused-ring (bicyclic) bond motifs is 1. The van der Waals surface area contributed by atoms with Gasteiger partial charge in [0.2, 0.25) is 11.7 Å². The minimum absolute atomic E-state index is 0.175. The van der Waals surface area contributed by atoms with Crippen molar-refractivity contribution < 1.29 is 9.26 Å². The van der Waals surface area contributed by atoms with E-state index in [1.807, 2.05) is 12.1 Å². The maximum atomic E-state index is 5.99. The number of benzene rings is 1. The molecule has 0 radical (unpaired) electrons. The quantitative estimate of drug-likeness (QED) is 0.894. The Morgan fingerprint density at radius 2 is 2.39 bits per heavy atom. The molecule has 1 aliphatic carbocycles. The average molecular weight is 245 g/mol. The van der Waals surface area contributed by atoms with E-state index in [4.69, 9.17) is 15.0 Å². The Morgan fingerprint density at radius 1 is 1.50 bits per heavy atom. The van der Waals surface area contributed by atoms with Crippen molar-refractivity contribution in [2.24, 2.45) is 5.73 Å². The Bertz CT molecular complexity index is 565. The zero-order valence-electron chi connectivity index (χ0n) is 10.2. The molecule has 0 fully saturated rings. The number of rotatable bonds is 3. The van der Waals surface area contributed by atoms with Gasteiger partial charge in [-0.2, -0.15) is 4.98 Å². The van der Waals surface area contributed by atoms with E-state index in [9.17, 15) is 0 Å². The molecule has 0 amide bonds. The molecule has 5 heteroatoms. The van der Waals surface area contributed by atoms with Gasteiger partial charge in [-0.05, 0) is 36.1 Å². The van der Waals surface area contributed by atoms with Gasteiger partial charge in [0.15, 0.2) is 6.61 Å². The second-order valence-electron chi connectivity index (χ2n) is 4.52. The first-order valence-corrected chi connectivity index (χ1v) is 6.03. The molecule has 5 nitrogen and oxygen atoms in total. The van der Waals surface area contributed by atoms with E-state index < -0.39 is 0 Å². The topological polar surface area (TPSA) is 74.2 Å². The van der Waals surface area contributed by atoms with Crippen molar-refractivity contribution >= 4 is 0 Å². The third-order valence-electron chi connectivity index (χ3n) is 3.18. The zero-order chi connectivity index (χ0) is 12.5. The molecule has 0 bridgehead atoms. The van der Waals surface area contributed by atoms with Gasteiger partial charge in [-0.15, -0.1) is 0 Å². The smallest absolute Gasteiger partial charge is 0.223 e. The Hall–Kier alpha value is -1.88. The predicted octanol–water partition coefficient (Wildman–Crippen LogP) is 1.90. The van der Waals surface area contributed by atoms with Crippen molar-refractivity contribution in [2.75, 3.05) is 0 Å². The van der Waals surface area contributed by atoms with Gasteiger partial charge in [0, 0.05) is 13.0 Å². The minimum atomic E-state index is 0.175. The van der Waals surface area contributed by atoms with Crippen LogP contribution >= 0.6 is 0 Å². The Balaban J connectivity index is 1.70. The molecule has 1 atom stereocenters. The van der Waals surface area contributed by atoms with Crippen LogP contribution in [0.15, 0.2) is 22.7 Å². The van der Waals surface area contributed by atoms with Gasteiger partial charge in [0.05, 0.1) is 0 Å². The zero-order valence-corrected chi connectivity index (χ0v) is 10.2. The van der Waals surface area contributed by atoms with E-state index in [0.717, 1.165) is 18.6 Å². The molecule has 1 unspecified atom stereocenters. The minimum Gasteiger partial charge on any atom is -0.485 e. The summed E-state index contributed by atoms with van der Waals surface area (Å²) >= 11 is 0. The van der Waals surface area contributed by atoms with E-state index >= 15 is 0 Å². The first-order valence-electron chi connectivity index (χ1n) is 6.03. The summed E-state index contributed by atoms with van der Waals surface area (Å²) in [5.41, 5.74) is 8.51. The lowest BCUT2D eigenvalue weighted by atomic mass is 10.1. The van der Waals surface area contributed by atoms with Crippen LogP contribution < -0.4 is 10.5 Å². The van der Waals surface area contributed by atoms with E-state index in [1.165, 1.54) is 11.1 Å². The highest BCUT2D eigenvalue weighted by molar-refractivity contribution is 5.40. The molecule has 0 aliphatic heterocycles. The highest BCUT2D eigenvalue weighted by atomic mass is 16.5. The van der Waals surface area contributed by atoms with E-state index in [2.05, 4.69) is 16.2 Å². The summed E-state index contributed by atoms with van der Waals surface area (Å²) in [4.78, 5) is 4.09. The fourth-order valence-corrected chi connectivity index (χ4v) is 2.26. The van der Waals surface area contributed by atoms with E-state index in [1.54, 1.807) is 6.92 Å². The van der Waals surface area contributed by atoms with Crippen molar-refractivity contribution in [3.05, 3.63) is 41.0 Å². The summed E-state index contributed by atoms with van der Waals surface area (Å²) < 4.78 is 10.5. The van der Waals surface area contributed by atoms with Gasteiger partial charge < -0.3 is 15.0 Å². The molecule has 0 spiro atoms. The van der Waals surface area contributed by atoms with Gasteiger partial charge in [-0.25, -0.2) is 0 Å². The van der Waals surface area contributed by atoms with Gasteiger partial charge in [0.25, 0.3) is 0 Å². The third kappa shape index (κ3) is 2.09. The lowest BCUT2D eigenvalue weighted by molar-refractivity contribution is 0.285. The highest BCUT2D eigenvalue weighted by Gasteiger charge is 2.19. The van der Waals surface area contributed by atoms with Crippen LogP contribution in [-0.2, 0) is 13.0 Å². The number of nitrogens with zero attached hydrogens (tertiary/aromatic N) is 2. The molecule has 1 aliphatic rings. The van der Waals surface area contributed by atoms with E-state index in [-0.39, 0.29) is 6.04 Å². The summed E-state index contributed by atoms with van der Waals surface area (Å²) in [5.74, 6) is 1.93. The normalized spacial score (nSPS) is 17.8. The van der Waals surface area contributed by atoms with Gasteiger partial charge in [0.1, 0.15) is 5.75 Å². The second kappa shape index (κ2) is 4.42. The first kappa shape index (κ1) is 11.2. The first-order chi connectivity index (χ1) is 8.72. The molecule has 1 aromatic carbocycles. The number of nitrogens with two attached hydrogens (primary N) is 1. The second-order valence-corrected chi connectivity index (χ2v) is 4.52. The molecule has 18 heavy (non-hydrogen) atoms. The standard InChI is InChI=1S/C13H15N3O2/c1-8-15-13(16-18-8)7-17-10-3-4-11-9(6-10)2-5-12(11)14/h3-4,6,12H,2,5,7,14H2,1H3. The largest absolute Gasteiger partial charge is 0.485 e. The number of ether oxygens (including phenoxy) is 1. The van der Waals surface area contributed by atoms with Crippen LogP contribution in [0.25, 0.3) is 0 Å². The van der Waals surface area contributed by atoms with Crippen molar-refractivity contribution in [3.63, 3.8) is 0 Å². The monoisotopic (exact) mass is 245 g/mol. The van der Waals surface area contributed by atoms with Crippen LogP contribution in [-0.4, -0.2) is 10.1 Å². The average Bonchev–Trinajstić information content (AvgIpc) is 2.94. The van der Waals surface area contributed by atoms with Crippen LogP contribution in [0.5, 0.6) is 5.75 Å². The molecule has 2 aromatic rings. The molecule has 2 N–H and O–H groups in total. The van der Waals surface area contributed by atoms with Crippen LogP contribution in [0.2, 0.25) is 0 Å². The predicted molar refractivity (Wildman–Crippen MR) is 65.1 cm³/mol. The van der Waals surface area contributed by atoms with Crippen LogP contribution in [0.4, 0.5) is 0 Å². The van der Waals surface area contributed by atoms with Crippen LogP contribution in [0.1, 0.15) is 35.3 Å². The van der Waals surface area contributed by atoms with Crippen molar-refractivity contribution in [2.45, 2.75) is 32.4 Å². The van der Waals surface area contributed by atoms with Crippen molar-refractivity contribution in [3.8, 4) is 5.75 Å². The van der Waals surface area contributed by atoms with Crippen LogP contribution in [0.3, 0.4) is 0 Å². The van der Waals surface area contributed by atoms with Gasteiger partial charge in [-0.3, -0.25) is 0 Å². The van der Waals surface area contributed by atoms with E-state index in [0.29, 0.717) is 18.3 Å². The maximum absolute atomic E-state index is 5.99. The highest BCUT2D eigenvalue weighted by Crippen LogP contribution is 2.31. The lowest BCUT2D eigenvalue weighted by Crippen LogP contribution is -2.05.